The van der Waals surface area contributed by atoms with Gasteiger partial charge in [-0.3, -0.25) is 13.9 Å². The molecule has 1 unspecified atom stereocenters. The predicted molar refractivity (Wildman–Crippen MR) is 109 cm³/mol. The molecule has 4 rings (SSSR count). The van der Waals surface area contributed by atoms with E-state index in [1.54, 1.807) is 36.9 Å². The number of benzene rings is 1. The normalized spacial score (nSPS) is 16.8. The SMILES string of the molecule is Cn1c(NC2CCOC2)nc2c1c(=O)n(Cc1ccc(Cl)c(Cl)c1)c(=O)n2C. The molecule has 28 heavy (non-hydrogen) atoms. The number of halogens is 2. The monoisotopic (exact) mass is 423 g/mol. The lowest BCUT2D eigenvalue weighted by molar-refractivity contribution is 0.195. The van der Waals surface area contributed by atoms with Gasteiger partial charge in [0.15, 0.2) is 11.2 Å². The molecule has 0 bridgehead atoms. The zero-order valence-corrected chi connectivity index (χ0v) is 16.9. The van der Waals surface area contributed by atoms with Crippen molar-refractivity contribution in [3.63, 3.8) is 0 Å². The van der Waals surface area contributed by atoms with Crippen molar-refractivity contribution in [1.29, 1.82) is 0 Å². The van der Waals surface area contributed by atoms with Crippen LogP contribution >= 0.6 is 23.2 Å². The molecule has 148 valence electrons. The first-order valence-corrected chi connectivity index (χ1v) is 9.57. The topological polar surface area (TPSA) is 83.1 Å². The summed E-state index contributed by atoms with van der Waals surface area (Å²) < 4.78 is 9.61. The van der Waals surface area contributed by atoms with Gasteiger partial charge in [-0.05, 0) is 24.1 Å². The summed E-state index contributed by atoms with van der Waals surface area (Å²) in [4.78, 5) is 30.4. The van der Waals surface area contributed by atoms with Gasteiger partial charge >= 0.3 is 5.69 Å². The van der Waals surface area contributed by atoms with E-state index in [0.29, 0.717) is 45.9 Å². The van der Waals surface area contributed by atoms with E-state index in [4.69, 9.17) is 27.9 Å². The Balaban J connectivity index is 1.81. The van der Waals surface area contributed by atoms with Crippen molar-refractivity contribution >= 4 is 40.3 Å². The fourth-order valence-corrected chi connectivity index (χ4v) is 3.68. The number of ether oxygens (including phenoxy) is 1. The number of nitrogens with zero attached hydrogens (tertiary/aromatic N) is 4. The maximum Gasteiger partial charge on any atom is 0.332 e. The summed E-state index contributed by atoms with van der Waals surface area (Å²) in [5, 5.41) is 4.07. The van der Waals surface area contributed by atoms with E-state index >= 15 is 0 Å². The lowest BCUT2D eigenvalue weighted by atomic mass is 10.2. The van der Waals surface area contributed by atoms with E-state index in [0.717, 1.165) is 6.42 Å². The molecule has 3 aromatic rings. The van der Waals surface area contributed by atoms with Gasteiger partial charge in [0.1, 0.15) is 0 Å². The van der Waals surface area contributed by atoms with Gasteiger partial charge in [-0.25, -0.2) is 4.79 Å². The molecule has 1 aromatic carbocycles. The van der Waals surface area contributed by atoms with Crippen molar-refractivity contribution in [2.24, 2.45) is 14.1 Å². The Bertz CT molecular complexity index is 1170. The largest absolute Gasteiger partial charge is 0.379 e. The van der Waals surface area contributed by atoms with Crippen LogP contribution in [0.15, 0.2) is 27.8 Å². The number of hydrogen-bond acceptors (Lipinski definition) is 5. The van der Waals surface area contributed by atoms with Crippen molar-refractivity contribution in [2.45, 2.75) is 19.0 Å². The second-order valence-electron chi connectivity index (χ2n) is 6.85. The molecule has 1 N–H and O–H groups in total. The summed E-state index contributed by atoms with van der Waals surface area (Å²) in [5.41, 5.74) is 0.539. The number of aromatic nitrogens is 4. The maximum atomic E-state index is 13.1. The molecule has 0 saturated carbocycles. The second-order valence-corrected chi connectivity index (χ2v) is 7.67. The maximum absolute atomic E-state index is 13.1. The first-order valence-electron chi connectivity index (χ1n) is 8.81. The highest BCUT2D eigenvalue weighted by atomic mass is 35.5. The number of nitrogens with one attached hydrogen (secondary N) is 1. The molecule has 1 atom stereocenters. The highest BCUT2D eigenvalue weighted by Gasteiger charge is 2.22. The summed E-state index contributed by atoms with van der Waals surface area (Å²) in [5.74, 6) is 0.532. The smallest absolute Gasteiger partial charge is 0.332 e. The molecule has 8 nitrogen and oxygen atoms in total. The molecular formula is C18H19Cl2N5O3. The van der Waals surface area contributed by atoms with Gasteiger partial charge in [0.25, 0.3) is 5.56 Å². The van der Waals surface area contributed by atoms with Crippen LogP contribution < -0.4 is 16.6 Å². The Morgan fingerprint density at radius 3 is 2.68 bits per heavy atom. The van der Waals surface area contributed by atoms with Crippen LogP contribution in [-0.2, 0) is 25.4 Å². The van der Waals surface area contributed by atoms with Crippen molar-refractivity contribution in [2.75, 3.05) is 18.5 Å². The van der Waals surface area contributed by atoms with Crippen LogP contribution in [0.25, 0.3) is 11.2 Å². The molecule has 1 fully saturated rings. The standard InChI is InChI=1S/C18H19Cl2N5O3/c1-23-14-15(22-17(23)21-11-5-6-28-9-11)24(2)18(27)25(16(14)26)8-10-3-4-12(19)13(20)7-10/h3-4,7,11H,5-6,8-9H2,1-2H3,(H,21,22). The average molecular weight is 424 g/mol. The van der Waals surface area contributed by atoms with E-state index in [1.165, 1.54) is 9.13 Å². The van der Waals surface area contributed by atoms with Gasteiger partial charge in [0.2, 0.25) is 5.95 Å². The number of fused-ring (bicyclic) bond motifs is 1. The van der Waals surface area contributed by atoms with Gasteiger partial charge in [-0.1, -0.05) is 29.3 Å². The number of rotatable bonds is 4. The van der Waals surface area contributed by atoms with Crippen molar-refractivity contribution in [3.8, 4) is 0 Å². The predicted octanol–water partition coefficient (Wildman–Crippen LogP) is 1.99. The molecule has 0 amide bonds. The molecule has 1 aliphatic rings. The fraction of sp³-hybridized carbons (Fsp3) is 0.389. The summed E-state index contributed by atoms with van der Waals surface area (Å²) in [6.07, 6.45) is 0.865. The summed E-state index contributed by atoms with van der Waals surface area (Å²) >= 11 is 12.0. The van der Waals surface area contributed by atoms with E-state index in [9.17, 15) is 9.59 Å². The average Bonchev–Trinajstić information content (AvgIpc) is 3.29. The van der Waals surface area contributed by atoms with Crippen LogP contribution in [0, 0.1) is 0 Å². The number of hydrogen-bond donors (Lipinski definition) is 1. The highest BCUT2D eigenvalue weighted by molar-refractivity contribution is 6.42. The summed E-state index contributed by atoms with van der Waals surface area (Å²) in [7, 11) is 3.35. The minimum absolute atomic E-state index is 0.0861. The number of imidazole rings is 1. The molecule has 3 heterocycles. The fourth-order valence-electron chi connectivity index (χ4n) is 3.36. The van der Waals surface area contributed by atoms with Crippen LogP contribution in [0.1, 0.15) is 12.0 Å². The molecule has 0 radical (unpaired) electrons. The lowest BCUT2D eigenvalue weighted by Crippen LogP contribution is -2.39. The third kappa shape index (κ3) is 3.21. The molecule has 0 aliphatic carbocycles. The van der Waals surface area contributed by atoms with Crippen molar-refractivity contribution < 1.29 is 4.74 Å². The Morgan fingerprint density at radius 1 is 1.21 bits per heavy atom. The van der Waals surface area contributed by atoms with Gasteiger partial charge in [-0.15, -0.1) is 0 Å². The second kappa shape index (κ2) is 7.27. The molecule has 0 spiro atoms. The number of aryl methyl sites for hydroxylation is 2. The Morgan fingerprint density at radius 2 is 2.00 bits per heavy atom. The van der Waals surface area contributed by atoms with Crippen LogP contribution in [0.2, 0.25) is 10.0 Å². The van der Waals surface area contributed by atoms with Crippen molar-refractivity contribution in [3.05, 3.63) is 54.6 Å². The van der Waals surface area contributed by atoms with Gasteiger partial charge < -0.3 is 14.6 Å². The highest BCUT2D eigenvalue weighted by Crippen LogP contribution is 2.23. The van der Waals surface area contributed by atoms with Crippen LogP contribution in [0.5, 0.6) is 0 Å². The first kappa shape index (κ1) is 19.0. The molecule has 2 aromatic heterocycles. The van der Waals surface area contributed by atoms with Crippen molar-refractivity contribution in [1.82, 2.24) is 18.7 Å². The van der Waals surface area contributed by atoms with E-state index in [1.807, 2.05) is 0 Å². The van der Waals surface area contributed by atoms with Gasteiger partial charge in [-0.2, -0.15) is 4.98 Å². The van der Waals surface area contributed by atoms with Crippen LogP contribution in [-0.4, -0.2) is 37.9 Å². The zero-order valence-electron chi connectivity index (χ0n) is 15.4. The summed E-state index contributed by atoms with van der Waals surface area (Å²) in [6, 6.07) is 5.16. The van der Waals surface area contributed by atoms with Crippen LogP contribution in [0.4, 0.5) is 5.95 Å². The van der Waals surface area contributed by atoms with Crippen LogP contribution in [0.3, 0.4) is 0 Å². The Hall–Kier alpha value is -2.29. The zero-order chi connectivity index (χ0) is 20.0. The first-order chi connectivity index (χ1) is 13.4. The minimum Gasteiger partial charge on any atom is -0.379 e. The third-order valence-electron chi connectivity index (χ3n) is 4.95. The Kier molecular flexibility index (Phi) is 4.95. The lowest BCUT2D eigenvalue weighted by Gasteiger charge is -2.11. The molecule has 1 saturated heterocycles. The molecule has 1 aliphatic heterocycles. The molecular weight excluding hydrogens is 405 g/mol. The van der Waals surface area contributed by atoms with E-state index in [2.05, 4.69) is 10.3 Å². The number of anilines is 1. The third-order valence-corrected chi connectivity index (χ3v) is 5.69. The van der Waals surface area contributed by atoms with E-state index in [-0.39, 0.29) is 12.6 Å². The van der Waals surface area contributed by atoms with Gasteiger partial charge in [0, 0.05) is 20.7 Å². The van der Waals surface area contributed by atoms with E-state index < -0.39 is 11.2 Å². The minimum atomic E-state index is -0.447. The molecule has 10 heteroatoms. The quantitative estimate of drug-likeness (QED) is 0.693. The summed E-state index contributed by atoms with van der Waals surface area (Å²) in [6.45, 7) is 1.36. The Labute approximate surface area is 170 Å². The van der Waals surface area contributed by atoms with Gasteiger partial charge in [0.05, 0.1) is 29.2 Å².